The standard InChI is InChI=1S/C20H22N4O/c25-20(23-14-15-7-11-24-12-10-22-19(24)13-15)18-3-1-16(2-4-18)17-5-8-21-9-6-17/h1-4,7,10-13,17,21H,5-6,8-9,14H2,(H,23,25). The topological polar surface area (TPSA) is 58.4 Å². The predicted molar refractivity (Wildman–Crippen MR) is 97.6 cm³/mol. The lowest BCUT2D eigenvalue weighted by Gasteiger charge is -2.23. The fourth-order valence-electron chi connectivity index (χ4n) is 3.41. The molecule has 0 unspecified atom stereocenters. The number of carbonyl (C=O) groups is 1. The number of amides is 1. The van der Waals surface area contributed by atoms with Crippen LogP contribution in [0, 0.1) is 0 Å². The van der Waals surface area contributed by atoms with Gasteiger partial charge in [-0.3, -0.25) is 4.79 Å². The smallest absolute Gasteiger partial charge is 0.251 e. The normalized spacial score (nSPS) is 15.4. The van der Waals surface area contributed by atoms with Gasteiger partial charge in [0.25, 0.3) is 5.91 Å². The molecule has 2 N–H and O–H groups in total. The predicted octanol–water partition coefficient (Wildman–Crippen LogP) is 2.73. The van der Waals surface area contributed by atoms with Crippen LogP contribution in [-0.2, 0) is 6.54 Å². The highest BCUT2D eigenvalue weighted by Gasteiger charge is 2.15. The second-order valence-corrected chi connectivity index (χ2v) is 6.56. The zero-order valence-corrected chi connectivity index (χ0v) is 14.1. The van der Waals surface area contributed by atoms with Crippen molar-refractivity contribution < 1.29 is 4.79 Å². The number of hydrogen-bond acceptors (Lipinski definition) is 3. The minimum absolute atomic E-state index is 0.0416. The number of piperidine rings is 1. The number of pyridine rings is 1. The molecule has 128 valence electrons. The molecule has 1 aliphatic rings. The van der Waals surface area contributed by atoms with Crippen LogP contribution in [0.4, 0.5) is 0 Å². The van der Waals surface area contributed by atoms with Crippen molar-refractivity contribution in [1.29, 1.82) is 0 Å². The van der Waals surface area contributed by atoms with Gasteiger partial charge in [0.05, 0.1) is 0 Å². The summed E-state index contributed by atoms with van der Waals surface area (Å²) in [7, 11) is 0. The summed E-state index contributed by atoms with van der Waals surface area (Å²) >= 11 is 0. The average Bonchev–Trinajstić information content (AvgIpc) is 3.15. The van der Waals surface area contributed by atoms with Crippen molar-refractivity contribution in [3.63, 3.8) is 0 Å². The number of hydrogen-bond donors (Lipinski definition) is 2. The maximum Gasteiger partial charge on any atom is 0.251 e. The molecule has 1 aromatic carbocycles. The minimum atomic E-state index is -0.0416. The van der Waals surface area contributed by atoms with Crippen LogP contribution in [0.3, 0.4) is 0 Å². The van der Waals surface area contributed by atoms with E-state index in [1.807, 2.05) is 41.1 Å². The molecule has 1 fully saturated rings. The van der Waals surface area contributed by atoms with Crippen LogP contribution in [0.1, 0.15) is 40.2 Å². The van der Waals surface area contributed by atoms with E-state index in [9.17, 15) is 4.79 Å². The highest BCUT2D eigenvalue weighted by Crippen LogP contribution is 2.25. The molecule has 0 radical (unpaired) electrons. The largest absolute Gasteiger partial charge is 0.348 e. The Hall–Kier alpha value is -2.66. The van der Waals surface area contributed by atoms with Crippen molar-refractivity contribution in [1.82, 2.24) is 20.0 Å². The van der Waals surface area contributed by atoms with Gasteiger partial charge in [-0.25, -0.2) is 4.98 Å². The molecular formula is C20H22N4O. The van der Waals surface area contributed by atoms with E-state index < -0.39 is 0 Å². The lowest BCUT2D eigenvalue weighted by Crippen LogP contribution is -2.26. The molecule has 0 saturated carbocycles. The molecule has 5 heteroatoms. The third-order valence-electron chi connectivity index (χ3n) is 4.90. The van der Waals surface area contributed by atoms with Crippen LogP contribution in [0.2, 0.25) is 0 Å². The first kappa shape index (κ1) is 15.8. The number of carbonyl (C=O) groups excluding carboxylic acids is 1. The van der Waals surface area contributed by atoms with Crippen LogP contribution in [0.5, 0.6) is 0 Å². The van der Waals surface area contributed by atoms with E-state index >= 15 is 0 Å². The maximum absolute atomic E-state index is 12.4. The summed E-state index contributed by atoms with van der Waals surface area (Å²) in [6, 6.07) is 12.0. The summed E-state index contributed by atoms with van der Waals surface area (Å²) in [6.45, 7) is 2.65. The van der Waals surface area contributed by atoms with E-state index in [0.29, 0.717) is 18.0 Å². The van der Waals surface area contributed by atoms with E-state index in [1.165, 1.54) is 18.4 Å². The zero-order valence-electron chi connectivity index (χ0n) is 14.1. The average molecular weight is 334 g/mol. The number of benzene rings is 1. The molecule has 1 aliphatic heterocycles. The molecular weight excluding hydrogens is 312 g/mol. The zero-order chi connectivity index (χ0) is 17.1. The maximum atomic E-state index is 12.4. The Kier molecular flexibility index (Phi) is 4.48. The van der Waals surface area contributed by atoms with Crippen molar-refractivity contribution >= 4 is 11.6 Å². The fourth-order valence-corrected chi connectivity index (χ4v) is 3.41. The van der Waals surface area contributed by atoms with Gasteiger partial charge < -0.3 is 15.0 Å². The number of nitrogens with zero attached hydrogens (tertiary/aromatic N) is 2. The van der Waals surface area contributed by atoms with Gasteiger partial charge in [-0.05, 0) is 67.2 Å². The molecule has 3 heterocycles. The van der Waals surface area contributed by atoms with Crippen LogP contribution in [0.15, 0.2) is 55.0 Å². The van der Waals surface area contributed by atoms with Gasteiger partial charge in [-0.1, -0.05) is 12.1 Å². The molecule has 1 amide bonds. The quantitative estimate of drug-likeness (QED) is 0.771. The number of aromatic nitrogens is 2. The molecule has 25 heavy (non-hydrogen) atoms. The molecule has 0 aliphatic carbocycles. The van der Waals surface area contributed by atoms with Crippen LogP contribution in [-0.4, -0.2) is 28.4 Å². The molecule has 0 spiro atoms. The number of fused-ring (bicyclic) bond motifs is 1. The van der Waals surface area contributed by atoms with E-state index in [2.05, 4.69) is 27.8 Å². The second-order valence-electron chi connectivity index (χ2n) is 6.56. The van der Waals surface area contributed by atoms with E-state index in [4.69, 9.17) is 0 Å². The first-order chi connectivity index (χ1) is 12.3. The molecule has 0 bridgehead atoms. The monoisotopic (exact) mass is 334 g/mol. The van der Waals surface area contributed by atoms with Gasteiger partial charge in [-0.15, -0.1) is 0 Å². The van der Waals surface area contributed by atoms with Gasteiger partial charge in [-0.2, -0.15) is 0 Å². The van der Waals surface area contributed by atoms with E-state index in [-0.39, 0.29) is 5.91 Å². The molecule has 1 saturated heterocycles. The van der Waals surface area contributed by atoms with Crippen LogP contribution < -0.4 is 10.6 Å². The molecule has 0 atom stereocenters. The number of rotatable bonds is 4. The summed E-state index contributed by atoms with van der Waals surface area (Å²) in [5, 5.41) is 6.37. The minimum Gasteiger partial charge on any atom is -0.348 e. The Morgan fingerprint density at radius 3 is 2.76 bits per heavy atom. The van der Waals surface area contributed by atoms with Crippen LogP contribution >= 0.6 is 0 Å². The first-order valence-electron chi connectivity index (χ1n) is 8.80. The SMILES string of the molecule is O=C(NCc1ccn2ccnc2c1)c1ccc(C2CCNCC2)cc1. The third-order valence-corrected chi connectivity index (χ3v) is 4.90. The summed E-state index contributed by atoms with van der Waals surface area (Å²) < 4.78 is 1.95. The van der Waals surface area contributed by atoms with Crippen LogP contribution in [0.25, 0.3) is 5.65 Å². The lowest BCUT2D eigenvalue weighted by atomic mass is 9.90. The Bertz CT molecular complexity index is 863. The second kappa shape index (κ2) is 7.07. The summed E-state index contributed by atoms with van der Waals surface area (Å²) in [5.74, 6) is 0.569. The molecule has 4 rings (SSSR count). The Labute approximate surface area is 147 Å². The van der Waals surface area contributed by atoms with Gasteiger partial charge in [0, 0.05) is 30.7 Å². The van der Waals surface area contributed by atoms with E-state index in [0.717, 1.165) is 24.3 Å². The van der Waals surface area contributed by atoms with Gasteiger partial charge in [0.15, 0.2) is 0 Å². The van der Waals surface area contributed by atoms with Gasteiger partial charge in [0.1, 0.15) is 5.65 Å². The summed E-state index contributed by atoms with van der Waals surface area (Å²) in [5.41, 5.74) is 3.97. The van der Waals surface area contributed by atoms with Crippen molar-refractivity contribution in [3.05, 3.63) is 71.7 Å². The summed E-state index contributed by atoms with van der Waals surface area (Å²) in [6.07, 6.45) is 7.96. The Balaban J connectivity index is 1.38. The van der Waals surface area contributed by atoms with Crippen molar-refractivity contribution in [2.75, 3.05) is 13.1 Å². The van der Waals surface area contributed by atoms with Crippen molar-refractivity contribution in [2.45, 2.75) is 25.3 Å². The van der Waals surface area contributed by atoms with Gasteiger partial charge >= 0.3 is 0 Å². The van der Waals surface area contributed by atoms with Gasteiger partial charge in [0.2, 0.25) is 0 Å². The first-order valence-corrected chi connectivity index (χ1v) is 8.80. The number of imidazole rings is 1. The molecule has 2 aromatic heterocycles. The number of nitrogens with one attached hydrogen (secondary N) is 2. The highest BCUT2D eigenvalue weighted by molar-refractivity contribution is 5.94. The highest BCUT2D eigenvalue weighted by atomic mass is 16.1. The molecule has 5 nitrogen and oxygen atoms in total. The van der Waals surface area contributed by atoms with Crippen molar-refractivity contribution in [2.24, 2.45) is 0 Å². The third kappa shape index (κ3) is 3.56. The fraction of sp³-hybridized carbons (Fsp3) is 0.300. The Morgan fingerprint density at radius 2 is 1.96 bits per heavy atom. The lowest BCUT2D eigenvalue weighted by molar-refractivity contribution is 0.0951. The van der Waals surface area contributed by atoms with Crippen molar-refractivity contribution in [3.8, 4) is 0 Å². The molecule has 3 aromatic rings. The Morgan fingerprint density at radius 1 is 1.16 bits per heavy atom. The van der Waals surface area contributed by atoms with E-state index in [1.54, 1.807) is 6.20 Å². The summed E-state index contributed by atoms with van der Waals surface area (Å²) in [4.78, 5) is 16.6.